The number of amides is 2. The lowest BCUT2D eigenvalue weighted by Crippen LogP contribution is -2.45. The number of nitrogens with zero attached hydrogens (tertiary/aromatic N) is 3. The molecule has 118 valence electrons. The number of thioether (sulfide) groups is 1. The van der Waals surface area contributed by atoms with Gasteiger partial charge in [0.05, 0.1) is 18.4 Å². The highest BCUT2D eigenvalue weighted by atomic mass is 32.2. The summed E-state index contributed by atoms with van der Waals surface area (Å²) in [6.07, 6.45) is 3.88. The third-order valence-electron chi connectivity index (χ3n) is 3.23. The van der Waals surface area contributed by atoms with Gasteiger partial charge in [-0.1, -0.05) is 0 Å². The van der Waals surface area contributed by atoms with Gasteiger partial charge in [-0.15, -0.1) is 0 Å². The van der Waals surface area contributed by atoms with E-state index in [1.165, 1.54) is 47.2 Å². The number of rotatable bonds is 4. The van der Waals surface area contributed by atoms with E-state index in [0.717, 1.165) is 6.42 Å². The first-order chi connectivity index (χ1) is 10.6. The van der Waals surface area contributed by atoms with Crippen molar-refractivity contribution in [2.24, 2.45) is 0 Å². The van der Waals surface area contributed by atoms with Gasteiger partial charge in [-0.3, -0.25) is 19.6 Å². The Labute approximate surface area is 132 Å². The van der Waals surface area contributed by atoms with E-state index in [1.807, 2.05) is 6.26 Å². The first-order valence-corrected chi connectivity index (χ1v) is 8.13. The van der Waals surface area contributed by atoms with Gasteiger partial charge < -0.3 is 4.74 Å². The first-order valence-electron chi connectivity index (χ1n) is 6.74. The standard InChI is InChI=1S/C14H17N3O4S/c1-21-14(20)10-4-5-11(15-8-10)13(19)17-7-3-6-16(17)12(18)9-22-2/h4-5,8H,3,6-7,9H2,1-2H3. The van der Waals surface area contributed by atoms with E-state index in [2.05, 4.69) is 9.72 Å². The Morgan fingerprint density at radius 1 is 1.27 bits per heavy atom. The summed E-state index contributed by atoms with van der Waals surface area (Å²) in [6.45, 7) is 1.02. The van der Waals surface area contributed by atoms with Crippen molar-refractivity contribution in [3.05, 3.63) is 29.6 Å². The van der Waals surface area contributed by atoms with Crippen molar-refractivity contribution in [1.82, 2.24) is 15.0 Å². The summed E-state index contributed by atoms with van der Waals surface area (Å²) in [6, 6.07) is 2.94. The molecule has 0 spiro atoms. The molecular formula is C14H17N3O4S. The highest BCUT2D eigenvalue weighted by Gasteiger charge is 2.31. The minimum absolute atomic E-state index is 0.0930. The molecular weight excluding hydrogens is 306 g/mol. The lowest BCUT2D eigenvalue weighted by molar-refractivity contribution is -0.137. The highest BCUT2D eigenvalue weighted by Crippen LogP contribution is 2.16. The Hall–Kier alpha value is -2.09. The molecule has 0 unspecified atom stereocenters. The van der Waals surface area contributed by atoms with Gasteiger partial charge in [0.1, 0.15) is 5.69 Å². The molecule has 7 nitrogen and oxygen atoms in total. The van der Waals surface area contributed by atoms with Gasteiger partial charge in [0.2, 0.25) is 0 Å². The van der Waals surface area contributed by atoms with Crippen molar-refractivity contribution in [2.45, 2.75) is 6.42 Å². The van der Waals surface area contributed by atoms with Crippen LogP contribution in [-0.4, -0.2) is 65.0 Å². The number of hydrogen-bond donors (Lipinski definition) is 0. The number of ether oxygens (including phenoxy) is 1. The molecule has 0 N–H and O–H groups in total. The van der Waals surface area contributed by atoms with E-state index in [-0.39, 0.29) is 23.1 Å². The van der Waals surface area contributed by atoms with Gasteiger partial charge >= 0.3 is 5.97 Å². The fourth-order valence-electron chi connectivity index (χ4n) is 2.17. The van der Waals surface area contributed by atoms with Crippen molar-refractivity contribution in [1.29, 1.82) is 0 Å². The number of aromatic nitrogens is 1. The van der Waals surface area contributed by atoms with Crippen LogP contribution in [0.25, 0.3) is 0 Å². The molecule has 0 aliphatic carbocycles. The Bertz CT molecular complexity index is 576. The number of methoxy groups -OCH3 is 1. The van der Waals surface area contributed by atoms with Gasteiger partial charge in [0.25, 0.3) is 11.8 Å². The molecule has 1 aromatic heterocycles. The minimum Gasteiger partial charge on any atom is -0.465 e. The number of esters is 1. The minimum atomic E-state index is -0.510. The van der Waals surface area contributed by atoms with Gasteiger partial charge in [-0.25, -0.2) is 9.80 Å². The van der Waals surface area contributed by atoms with Gasteiger partial charge in [0.15, 0.2) is 0 Å². The molecule has 0 atom stereocenters. The SMILES string of the molecule is COC(=O)c1ccc(C(=O)N2CCCN2C(=O)CSC)nc1. The number of hydrogen-bond acceptors (Lipinski definition) is 6. The summed E-state index contributed by atoms with van der Waals surface area (Å²) in [5, 5.41) is 2.88. The first kappa shape index (κ1) is 16.3. The summed E-state index contributed by atoms with van der Waals surface area (Å²) >= 11 is 1.42. The van der Waals surface area contributed by atoms with E-state index in [4.69, 9.17) is 0 Å². The molecule has 1 aliphatic heterocycles. The molecule has 0 saturated carbocycles. The number of carbonyl (C=O) groups is 3. The molecule has 1 aliphatic rings. The molecule has 8 heteroatoms. The van der Waals surface area contributed by atoms with Crippen LogP contribution < -0.4 is 0 Å². The van der Waals surface area contributed by atoms with Crippen molar-refractivity contribution in [3.63, 3.8) is 0 Å². The molecule has 0 radical (unpaired) electrons. The fraction of sp³-hybridized carbons (Fsp3) is 0.429. The smallest absolute Gasteiger partial charge is 0.339 e. The van der Waals surface area contributed by atoms with Gasteiger partial charge in [-0.05, 0) is 24.8 Å². The average molecular weight is 323 g/mol. The van der Waals surface area contributed by atoms with Crippen molar-refractivity contribution < 1.29 is 19.1 Å². The van der Waals surface area contributed by atoms with Crippen molar-refractivity contribution >= 4 is 29.5 Å². The summed E-state index contributed by atoms with van der Waals surface area (Å²) in [5.74, 6) is -0.615. The average Bonchev–Trinajstić information content (AvgIpc) is 3.03. The van der Waals surface area contributed by atoms with E-state index >= 15 is 0 Å². The summed E-state index contributed by atoms with van der Waals surface area (Å²) in [4.78, 5) is 39.8. The summed E-state index contributed by atoms with van der Waals surface area (Å²) in [7, 11) is 1.28. The Morgan fingerprint density at radius 2 is 2.00 bits per heavy atom. The Morgan fingerprint density at radius 3 is 2.59 bits per heavy atom. The third kappa shape index (κ3) is 3.38. The number of carbonyl (C=O) groups excluding carboxylic acids is 3. The van der Waals surface area contributed by atoms with E-state index in [1.54, 1.807) is 0 Å². The monoisotopic (exact) mass is 323 g/mol. The highest BCUT2D eigenvalue weighted by molar-refractivity contribution is 7.99. The van der Waals surface area contributed by atoms with Crippen molar-refractivity contribution in [3.8, 4) is 0 Å². The lowest BCUT2D eigenvalue weighted by Gasteiger charge is -2.27. The topological polar surface area (TPSA) is 79.8 Å². The molecule has 0 aromatic carbocycles. The summed E-state index contributed by atoms with van der Waals surface area (Å²) in [5.41, 5.74) is 0.465. The van der Waals surface area contributed by atoms with E-state index in [0.29, 0.717) is 18.8 Å². The van der Waals surface area contributed by atoms with Crippen LogP contribution in [-0.2, 0) is 9.53 Å². The predicted octanol–water partition coefficient (Wildman–Crippen LogP) is 0.821. The van der Waals surface area contributed by atoms with Crippen LogP contribution in [0.5, 0.6) is 0 Å². The van der Waals surface area contributed by atoms with Crippen LogP contribution >= 0.6 is 11.8 Å². The van der Waals surface area contributed by atoms with E-state index in [9.17, 15) is 14.4 Å². The molecule has 2 amide bonds. The molecule has 22 heavy (non-hydrogen) atoms. The third-order valence-corrected chi connectivity index (χ3v) is 3.76. The molecule has 1 fully saturated rings. The van der Waals surface area contributed by atoms with Gasteiger partial charge in [0, 0.05) is 19.3 Å². The van der Waals surface area contributed by atoms with E-state index < -0.39 is 5.97 Å². The molecule has 1 aromatic rings. The maximum Gasteiger partial charge on any atom is 0.339 e. The maximum atomic E-state index is 12.5. The molecule has 2 rings (SSSR count). The zero-order valence-electron chi connectivity index (χ0n) is 12.4. The number of pyridine rings is 1. The van der Waals surface area contributed by atoms with Crippen LogP contribution in [0.4, 0.5) is 0 Å². The van der Waals surface area contributed by atoms with Crippen LogP contribution in [0.1, 0.15) is 27.3 Å². The zero-order valence-corrected chi connectivity index (χ0v) is 13.3. The lowest BCUT2D eigenvalue weighted by atomic mass is 10.2. The second-order valence-corrected chi connectivity index (χ2v) is 5.52. The van der Waals surface area contributed by atoms with Gasteiger partial charge in [-0.2, -0.15) is 11.8 Å². The quantitative estimate of drug-likeness (QED) is 0.763. The zero-order chi connectivity index (χ0) is 16.1. The van der Waals surface area contributed by atoms with Crippen molar-refractivity contribution in [2.75, 3.05) is 32.2 Å². The molecule has 2 heterocycles. The molecule has 1 saturated heterocycles. The second kappa shape index (κ2) is 7.26. The maximum absolute atomic E-state index is 12.5. The fourth-order valence-corrected chi connectivity index (χ4v) is 2.57. The summed E-state index contributed by atoms with van der Waals surface area (Å²) < 4.78 is 4.58. The number of hydrazine groups is 1. The molecule has 0 bridgehead atoms. The normalized spacial score (nSPS) is 14.1. The Kier molecular flexibility index (Phi) is 5.37. The van der Waals surface area contributed by atoms with Crippen LogP contribution in [0.15, 0.2) is 18.3 Å². The van der Waals surface area contributed by atoms with Crippen LogP contribution in [0, 0.1) is 0 Å². The largest absolute Gasteiger partial charge is 0.465 e. The second-order valence-electron chi connectivity index (χ2n) is 4.66. The Balaban J connectivity index is 2.13. The predicted molar refractivity (Wildman–Crippen MR) is 81.3 cm³/mol. The van der Waals surface area contributed by atoms with Crippen LogP contribution in [0.2, 0.25) is 0 Å². The van der Waals surface area contributed by atoms with Crippen LogP contribution in [0.3, 0.4) is 0 Å².